The molecule has 1 fully saturated rings. The summed E-state index contributed by atoms with van der Waals surface area (Å²) in [5.74, 6) is 2.57. The van der Waals surface area contributed by atoms with E-state index in [1.165, 1.54) is 17.7 Å². The normalized spacial score (nSPS) is 27.3. The maximum absolute atomic E-state index is 6.25. The Balaban J connectivity index is 2.11. The van der Waals surface area contributed by atoms with Crippen LogP contribution in [-0.4, -0.2) is 12.4 Å². The standard InChI is InChI=1S/C16H25NOS/c1-11-7-8-13(9-12(11)2)18-15-5-4-6-16(19-3)14(15)10-17/h4-6,11-13H,7-10,17H2,1-3H3. The minimum atomic E-state index is 0.355. The fourth-order valence-corrected chi connectivity index (χ4v) is 3.48. The van der Waals surface area contributed by atoms with Gasteiger partial charge in [-0.15, -0.1) is 11.8 Å². The van der Waals surface area contributed by atoms with Gasteiger partial charge in [-0.2, -0.15) is 0 Å². The van der Waals surface area contributed by atoms with Crippen LogP contribution in [0.15, 0.2) is 23.1 Å². The van der Waals surface area contributed by atoms with E-state index in [0.29, 0.717) is 12.6 Å². The van der Waals surface area contributed by atoms with E-state index in [9.17, 15) is 0 Å². The molecular weight excluding hydrogens is 254 g/mol. The molecule has 3 atom stereocenters. The molecule has 1 aromatic carbocycles. The molecule has 2 rings (SSSR count). The van der Waals surface area contributed by atoms with Gasteiger partial charge in [0.2, 0.25) is 0 Å². The molecule has 19 heavy (non-hydrogen) atoms. The van der Waals surface area contributed by atoms with Gasteiger partial charge in [-0.3, -0.25) is 0 Å². The highest BCUT2D eigenvalue weighted by Gasteiger charge is 2.26. The molecule has 1 aliphatic rings. The number of benzene rings is 1. The number of ether oxygens (including phenoxy) is 1. The van der Waals surface area contributed by atoms with Crippen LogP contribution in [0.3, 0.4) is 0 Å². The van der Waals surface area contributed by atoms with Crippen LogP contribution in [-0.2, 0) is 6.54 Å². The Hall–Kier alpha value is -0.670. The number of rotatable bonds is 4. The minimum absolute atomic E-state index is 0.355. The van der Waals surface area contributed by atoms with Crippen molar-refractivity contribution in [2.75, 3.05) is 6.26 Å². The number of hydrogen-bond acceptors (Lipinski definition) is 3. The molecular formula is C16H25NOS. The first-order chi connectivity index (χ1) is 9.15. The van der Waals surface area contributed by atoms with Crippen molar-refractivity contribution in [3.8, 4) is 5.75 Å². The van der Waals surface area contributed by atoms with Crippen molar-refractivity contribution >= 4 is 11.8 Å². The lowest BCUT2D eigenvalue weighted by Gasteiger charge is -2.32. The summed E-state index contributed by atoms with van der Waals surface area (Å²) in [7, 11) is 0. The number of nitrogens with two attached hydrogens (primary N) is 1. The molecule has 2 N–H and O–H groups in total. The van der Waals surface area contributed by atoms with Gasteiger partial charge in [0.25, 0.3) is 0 Å². The average Bonchev–Trinajstić information content (AvgIpc) is 2.42. The molecule has 0 aromatic heterocycles. The molecule has 1 aromatic rings. The lowest BCUT2D eigenvalue weighted by atomic mass is 9.80. The van der Waals surface area contributed by atoms with Crippen molar-refractivity contribution in [2.24, 2.45) is 17.6 Å². The zero-order chi connectivity index (χ0) is 13.8. The Labute approximate surface area is 121 Å². The molecule has 2 nitrogen and oxygen atoms in total. The van der Waals surface area contributed by atoms with Gasteiger partial charge in [0.1, 0.15) is 5.75 Å². The molecule has 0 radical (unpaired) electrons. The Morgan fingerprint density at radius 3 is 2.68 bits per heavy atom. The molecule has 3 heteroatoms. The van der Waals surface area contributed by atoms with Crippen LogP contribution in [0, 0.1) is 11.8 Å². The molecule has 0 saturated heterocycles. The van der Waals surface area contributed by atoms with E-state index in [4.69, 9.17) is 10.5 Å². The zero-order valence-electron chi connectivity index (χ0n) is 12.2. The highest BCUT2D eigenvalue weighted by Crippen LogP contribution is 2.34. The summed E-state index contributed by atoms with van der Waals surface area (Å²) >= 11 is 1.74. The van der Waals surface area contributed by atoms with E-state index in [0.717, 1.165) is 29.6 Å². The maximum atomic E-state index is 6.25. The number of hydrogen-bond donors (Lipinski definition) is 1. The van der Waals surface area contributed by atoms with Crippen molar-refractivity contribution in [2.45, 2.75) is 50.7 Å². The minimum Gasteiger partial charge on any atom is -0.490 e. The first-order valence-corrected chi connectivity index (χ1v) is 8.40. The molecule has 0 heterocycles. The quantitative estimate of drug-likeness (QED) is 0.844. The van der Waals surface area contributed by atoms with E-state index < -0.39 is 0 Å². The van der Waals surface area contributed by atoms with Crippen LogP contribution in [0.2, 0.25) is 0 Å². The van der Waals surface area contributed by atoms with E-state index in [1.807, 2.05) is 0 Å². The first-order valence-electron chi connectivity index (χ1n) is 7.18. The first kappa shape index (κ1) is 14.7. The van der Waals surface area contributed by atoms with Gasteiger partial charge in [-0.1, -0.05) is 19.9 Å². The van der Waals surface area contributed by atoms with Gasteiger partial charge in [0.05, 0.1) is 6.10 Å². The fraction of sp³-hybridized carbons (Fsp3) is 0.625. The molecule has 0 bridgehead atoms. The van der Waals surface area contributed by atoms with Crippen molar-refractivity contribution in [1.82, 2.24) is 0 Å². The number of thioether (sulfide) groups is 1. The fourth-order valence-electron chi connectivity index (χ4n) is 2.83. The molecule has 1 aliphatic carbocycles. The maximum Gasteiger partial charge on any atom is 0.125 e. The largest absolute Gasteiger partial charge is 0.490 e. The van der Waals surface area contributed by atoms with Gasteiger partial charge in [0, 0.05) is 17.0 Å². The van der Waals surface area contributed by atoms with Crippen LogP contribution in [0.1, 0.15) is 38.7 Å². The molecule has 0 aliphatic heterocycles. The summed E-state index contributed by atoms with van der Waals surface area (Å²) in [5.41, 5.74) is 7.04. The van der Waals surface area contributed by atoms with Crippen molar-refractivity contribution in [1.29, 1.82) is 0 Å². The van der Waals surface area contributed by atoms with Crippen LogP contribution >= 0.6 is 11.8 Å². The highest BCUT2D eigenvalue weighted by molar-refractivity contribution is 7.98. The second-order valence-corrected chi connectivity index (χ2v) is 6.50. The molecule has 0 amide bonds. The topological polar surface area (TPSA) is 35.2 Å². The Bertz CT molecular complexity index is 421. The van der Waals surface area contributed by atoms with Crippen molar-refractivity contribution in [3.05, 3.63) is 23.8 Å². The summed E-state index contributed by atoms with van der Waals surface area (Å²) < 4.78 is 6.25. The summed E-state index contributed by atoms with van der Waals surface area (Å²) in [6.07, 6.45) is 6.04. The van der Waals surface area contributed by atoms with Crippen LogP contribution in [0.4, 0.5) is 0 Å². The smallest absolute Gasteiger partial charge is 0.125 e. The van der Waals surface area contributed by atoms with Crippen LogP contribution < -0.4 is 10.5 Å². The van der Waals surface area contributed by atoms with Gasteiger partial charge in [-0.05, 0) is 49.5 Å². The SMILES string of the molecule is CSc1cccc(OC2CCC(C)C(C)C2)c1CN. The van der Waals surface area contributed by atoms with Gasteiger partial charge in [-0.25, -0.2) is 0 Å². The Morgan fingerprint density at radius 1 is 1.26 bits per heavy atom. The predicted octanol–water partition coefficient (Wildman–Crippen LogP) is 4.07. The molecule has 106 valence electrons. The van der Waals surface area contributed by atoms with E-state index in [-0.39, 0.29) is 0 Å². The second-order valence-electron chi connectivity index (χ2n) is 5.65. The third-order valence-electron chi connectivity index (χ3n) is 4.36. The van der Waals surface area contributed by atoms with Crippen LogP contribution in [0.25, 0.3) is 0 Å². The average molecular weight is 279 g/mol. The third kappa shape index (κ3) is 3.46. The van der Waals surface area contributed by atoms with Crippen LogP contribution in [0.5, 0.6) is 5.75 Å². The summed E-state index contributed by atoms with van der Waals surface area (Å²) in [6, 6.07) is 6.24. The molecule has 3 unspecified atom stereocenters. The van der Waals surface area contributed by atoms with Gasteiger partial charge < -0.3 is 10.5 Å². The Morgan fingerprint density at radius 2 is 2.05 bits per heavy atom. The Kier molecular flexibility index (Phi) is 5.17. The van der Waals surface area contributed by atoms with E-state index >= 15 is 0 Å². The van der Waals surface area contributed by atoms with E-state index in [2.05, 4.69) is 38.3 Å². The van der Waals surface area contributed by atoms with E-state index in [1.54, 1.807) is 11.8 Å². The second kappa shape index (κ2) is 6.67. The lowest BCUT2D eigenvalue weighted by molar-refractivity contribution is 0.0994. The third-order valence-corrected chi connectivity index (χ3v) is 5.18. The summed E-state index contributed by atoms with van der Waals surface area (Å²) in [4.78, 5) is 1.23. The predicted molar refractivity (Wildman–Crippen MR) is 82.7 cm³/mol. The van der Waals surface area contributed by atoms with Gasteiger partial charge in [0.15, 0.2) is 0 Å². The highest BCUT2D eigenvalue weighted by atomic mass is 32.2. The van der Waals surface area contributed by atoms with Crippen molar-refractivity contribution in [3.63, 3.8) is 0 Å². The molecule has 1 saturated carbocycles. The van der Waals surface area contributed by atoms with Crippen molar-refractivity contribution < 1.29 is 4.74 Å². The monoisotopic (exact) mass is 279 g/mol. The summed E-state index contributed by atoms with van der Waals surface area (Å²) in [5, 5.41) is 0. The molecule has 0 spiro atoms. The van der Waals surface area contributed by atoms with Gasteiger partial charge >= 0.3 is 0 Å². The zero-order valence-corrected chi connectivity index (χ0v) is 13.0. The lowest BCUT2D eigenvalue weighted by Crippen LogP contribution is -2.29. The summed E-state index contributed by atoms with van der Waals surface area (Å²) in [6.45, 7) is 5.23.